The minimum Gasteiger partial charge on any atom is -0.378 e. The molecular formula is C21H20N6O2S. The molecule has 0 bridgehead atoms. The smallest absolute Gasteiger partial charge is 0.251 e. The summed E-state index contributed by atoms with van der Waals surface area (Å²) in [6.45, 7) is 3.44. The van der Waals surface area contributed by atoms with Crippen LogP contribution in [0.1, 0.15) is 16.2 Å². The van der Waals surface area contributed by atoms with Gasteiger partial charge in [0.25, 0.3) is 5.91 Å². The number of hydrogen-bond acceptors (Lipinski definition) is 7. The number of aromatic nitrogens is 4. The normalized spacial score (nSPS) is 14.2. The fraction of sp³-hybridized carbons (Fsp3) is 0.238. The first-order valence-electron chi connectivity index (χ1n) is 9.74. The molecule has 1 N–H and O–H groups in total. The Bertz CT molecular complexity index is 1150. The average molecular weight is 420 g/mol. The highest BCUT2D eigenvalue weighted by molar-refractivity contribution is 7.13. The van der Waals surface area contributed by atoms with Gasteiger partial charge in [0.2, 0.25) is 0 Å². The largest absolute Gasteiger partial charge is 0.378 e. The molecular weight excluding hydrogens is 400 g/mol. The van der Waals surface area contributed by atoms with Crippen LogP contribution in [0.2, 0.25) is 0 Å². The first kappa shape index (κ1) is 18.7. The highest BCUT2D eigenvalue weighted by Gasteiger charge is 2.14. The maximum absolute atomic E-state index is 12.6. The standard InChI is InChI=1S/C21H20N6O2S/c28-21(15-3-5-16(6-4-15)26-9-11-29-12-10-26)22-14-20-24-23-19-8-7-17(25-27(19)20)18-2-1-13-30-18/h1-8,13H,9-12,14H2,(H,22,28). The summed E-state index contributed by atoms with van der Waals surface area (Å²) in [6.07, 6.45) is 0. The minimum absolute atomic E-state index is 0.158. The molecule has 1 amide bonds. The van der Waals surface area contributed by atoms with Crippen LogP contribution >= 0.6 is 11.3 Å². The molecule has 0 spiro atoms. The lowest BCUT2D eigenvalue weighted by Crippen LogP contribution is -2.36. The summed E-state index contributed by atoms with van der Waals surface area (Å²) in [5, 5.41) is 17.9. The zero-order valence-corrected chi connectivity index (χ0v) is 17.0. The number of ether oxygens (including phenoxy) is 1. The minimum atomic E-state index is -0.158. The number of hydrogen-bond donors (Lipinski definition) is 1. The quantitative estimate of drug-likeness (QED) is 0.534. The zero-order chi connectivity index (χ0) is 20.3. The van der Waals surface area contributed by atoms with E-state index in [1.807, 2.05) is 53.9 Å². The molecule has 4 aromatic rings. The molecule has 0 radical (unpaired) electrons. The molecule has 0 saturated carbocycles. The van der Waals surface area contributed by atoms with Crippen LogP contribution in [0.25, 0.3) is 16.2 Å². The van der Waals surface area contributed by atoms with Crippen LogP contribution in [0, 0.1) is 0 Å². The van der Waals surface area contributed by atoms with Crippen LogP contribution in [0.3, 0.4) is 0 Å². The van der Waals surface area contributed by atoms with Crippen molar-refractivity contribution in [3.63, 3.8) is 0 Å². The summed E-state index contributed by atoms with van der Waals surface area (Å²) in [7, 11) is 0. The van der Waals surface area contributed by atoms with Crippen molar-refractivity contribution in [3.8, 4) is 10.6 Å². The predicted octanol–water partition coefficient (Wildman–Crippen LogP) is 2.62. The van der Waals surface area contributed by atoms with E-state index in [1.54, 1.807) is 15.9 Å². The number of benzene rings is 1. The van der Waals surface area contributed by atoms with Crippen molar-refractivity contribution >= 4 is 28.6 Å². The van der Waals surface area contributed by atoms with Gasteiger partial charge in [0.1, 0.15) is 5.69 Å². The van der Waals surface area contributed by atoms with Gasteiger partial charge in [-0.15, -0.1) is 21.5 Å². The molecule has 0 atom stereocenters. The molecule has 1 aliphatic heterocycles. The Hall–Kier alpha value is -3.30. The van der Waals surface area contributed by atoms with Gasteiger partial charge in [-0.3, -0.25) is 4.79 Å². The van der Waals surface area contributed by atoms with E-state index in [2.05, 4.69) is 25.5 Å². The first-order chi connectivity index (χ1) is 14.8. The van der Waals surface area contributed by atoms with Crippen LogP contribution < -0.4 is 10.2 Å². The summed E-state index contributed by atoms with van der Waals surface area (Å²) < 4.78 is 7.06. The number of amides is 1. The van der Waals surface area contributed by atoms with Gasteiger partial charge in [0.05, 0.1) is 24.6 Å². The topological polar surface area (TPSA) is 84.7 Å². The van der Waals surface area contributed by atoms with Crippen molar-refractivity contribution < 1.29 is 9.53 Å². The third-order valence-electron chi connectivity index (χ3n) is 5.01. The first-order valence-corrected chi connectivity index (χ1v) is 10.6. The molecule has 1 aromatic carbocycles. The van der Waals surface area contributed by atoms with Crippen LogP contribution in [0.5, 0.6) is 0 Å². The van der Waals surface area contributed by atoms with Crippen molar-refractivity contribution in [1.82, 2.24) is 25.1 Å². The second-order valence-electron chi connectivity index (χ2n) is 6.91. The van der Waals surface area contributed by atoms with Crippen LogP contribution in [0.15, 0.2) is 53.9 Å². The van der Waals surface area contributed by atoms with Gasteiger partial charge in [-0.1, -0.05) is 6.07 Å². The van der Waals surface area contributed by atoms with Crippen molar-refractivity contribution in [2.24, 2.45) is 0 Å². The van der Waals surface area contributed by atoms with E-state index in [9.17, 15) is 4.79 Å². The molecule has 0 aliphatic carbocycles. The van der Waals surface area contributed by atoms with Gasteiger partial charge in [-0.2, -0.15) is 9.61 Å². The van der Waals surface area contributed by atoms with Crippen molar-refractivity contribution in [2.45, 2.75) is 6.54 Å². The van der Waals surface area contributed by atoms with Gasteiger partial charge in [0.15, 0.2) is 11.5 Å². The lowest BCUT2D eigenvalue weighted by Gasteiger charge is -2.28. The number of rotatable bonds is 5. The van der Waals surface area contributed by atoms with E-state index in [-0.39, 0.29) is 12.5 Å². The number of nitrogens with zero attached hydrogens (tertiary/aromatic N) is 5. The van der Waals surface area contributed by atoms with E-state index >= 15 is 0 Å². The lowest BCUT2D eigenvalue weighted by atomic mass is 10.1. The molecule has 152 valence electrons. The molecule has 8 nitrogen and oxygen atoms in total. The molecule has 30 heavy (non-hydrogen) atoms. The highest BCUT2D eigenvalue weighted by Crippen LogP contribution is 2.22. The number of carbonyl (C=O) groups is 1. The Balaban J connectivity index is 1.28. The molecule has 4 heterocycles. The summed E-state index contributed by atoms with van der Waals surface area (Å²) in [5.41, 5.74) is 3.20. The highest BCUT2D eigenvalue weighted by atomic mass is 32.1. The summed E-state index contributed by atoms with van der Waals surface area (Å²) in [6, 6.07) is 15.4. The van der Waals surface area contributed by atoms with E-state index in [0.717, 1.165) is 42.6 Å². The predicted molar refractivity (Wildman–Crippen MR) is 115 cm³/mol. The zero-order valence-electron chi connectivity index (χ0n) is 16.2. The Morgan fingerprint density at radius 2 is 1.90 bits per heavy atom. The lowest BCUT2D eigenvalue weighted by molar-refractivity contribution is 0.0949. The van der Waals surface area contributed by atoms with Gasteiger partial charge in [0, 0.05) is 24.3 Å². The molecule has 1 aliphatic rings. The molecule has 5 rings (SSSR count). The maximum atomic E-state index is 12.6. The fourth-order valence-electron chi connectivity index (χ4n) is 3.41. The van der Waals surface area contributed by atoms with Crippen molar-refractivity contribution in [3.05, 3.63) is 65.3 Å². The number of nitrogens with one attached hydrogen (secondary N) is 1. The Morgan fingerprint density at radius 3 is 2.67 bits per heavy atom. The number of fused-ring (bicyclic) bond motifs is 1. The fourth-order valence-corrected chi connectivity index (χ4v) is 4.10. The molecule has 9 heteroatoms. The van der Waals surface area contributed by atoms with Crippen LogP contribution in [-0.4, -0.2) is 52.0 Å². The van der Waals surface area contributed by atoms with Crippen LogP contribution in [0.4, 0.5) is 5.69 Å². The molecule has 1 saturated heterocycles. The summed E-state index contributed by atoms with van der Waals surface area (Å²) in [4.78, 5) is 15.9. The monoisotopic (exact) mass is 420 g/mol. The number of morpholine rings is 1. The molecule has 3 aromatic heterocycles. The van der Waals surface area contributed by atoms with Gasteiger partial charge < -0.3 is 15.0 Å². The van der Waals surface area contributed by atoms with Crippen molar-refractivity contribution in [2.75, 3.05) is 31.2 Å². The van der Waals surface area contributed by atoms with Crippen LogP contribution in [-0.2, 0) is 11.3 Å². The van der Waals surface area contributed by atoms with E-state index < -0.39 is 0 Å². The van der Waals surface area contributed by atoms with Crippen molar-refractivity contribution in [1.29, 1.82) is 0 Å². The summed E-state index contributed by atoms with van der Waals surface area (Å²) >= 11 is 1.62. The third-order valence-corrected chi connectivity index (χ3v) is 5.91. The van der Waals surface area contributed by atoms with Gasteiger partial charge >= 0.3 is 0 Å². The SMILES string of the molecule is O=C(NCc1nnc2ccc(-c3cccs3)nn12)c1ccc(N2CCOCC2)cc1. The van der Waals surface area contributed by atoms with Gasteiger partial charge in [-0.05, 0) is 47.8 Å². The number of thiophene rings is 1. The van der Waals surface area contributed by atoms with Gasteiger partial charge in [-0.25, -0.2) is 0 Å². The van der Waals surface area contributed by atoms with E-state index in [4.69, 9.17) is 4.74 Å². The maximum Gasteiger partial charge on any atom is 0.251 e. The average Bonchev–Trinajstić information content (AvgIpc) is 3.48. The Morgan fingerprint density at radius 1 is 1.07 bits per heavy atom. The molecule has 1 fully saturated rings. The summed E-state index contributed by atoms with van der Waals surface area (Å²) in [5.74, 6) is 0.427. The number of anilines is 1. The Kier molecular flexibility index (Phi) is 5.12. The van der Waals surface area contributed by atoms with E-state index in [1.165, 1.54) is 0 Å². The Labute approximate surface area is 177 Å². The second kappa shape index (κ2) is 8.21. The van der Waals surface area contributed by atoms with E-state index in [0.29, 0.717) is 17.0 Å². The molecule has 0 unspecified atom stereocenters. The number of carbonyl (C=O) groups excluding carboxylic acids is 1. The third kappa shape index (κ3) is 3.77. The second-order valence-corrected chi connectivity index (χ2v) is 7.86.